The van der Waals surface area contributed by atoms with E-state index in [-0.39, 0.29) is 0 Å². The van der Waals surface area contributed by atoms with Crippen LogP contribution in [0.4, 0.5) is 0 Å². The van der Waals surface area contributed by atoms with Crippen molar-refractivity contribution in [2.75, 3.05) is 0 Å². The second-order valence-corrected chi connectivity index (χ2v) is 5.27. The van der Waals surface area contributed by atoms with Crippen LogP contribution in [-0.4, -0.2) is 5.11 Å². The first-order valence-electron chi connectivity index (χ1n) is 5.33. The second kappa shape index (κ2) is 4.33. The molecule has 0 aliphatic carbocycles. The van der Waals surface area contributed by atoms with Crippen LogP contribution in [0.3, 0.4) is 0 Å². The molecule has 86 valence electrons. The number of aliphatic hydroxyl groups is 1. The summed E-state index contributed by atoms with van der Waals surface area (Å²) in [5, 5.41) is 21.3. The predicted octanol–water partition coefficient (Wildman–Crippen LogP) is 3.18. The second-order valence-electron chi connectivity index (χ2n) is 4.15. The van der Waals surface area contributed by atoms with Gasteiger partial charge < -0.3 is 5.11 Å². The molecular formula is C14H13NOS. The van der Waals surface area contributed by atoms with Crippen molar-refractivity contribution in [3.8, 4) is 6.07 Å². The molecule has 2 rings (SSSR count). The molecule has 3 heteroatoms. The SMILES string of the molecule is Cc1sccc1C(C)(O)c1ccc(C#N)cc1. The van der Waals surface area contributed by atoms with Crippen LogP contribution in [0, 0.1) is 18.3 Å². The highest BCUT2D eigenvalue weighted by Crippen LogP contribution is 2.33. The molecule has 0 aliphatic heterocycles. The van der Waals surface area contributed by atoms with Gasteiger partial charge in [0.05, 0.1) is 11.6 Å². The maximum atomic E-state index is 10.6. The van der Waals surface area contributed by atoms with E-state index >= 15 is 0 Å². The maximum absolute atomic E-state index is 10.6. The van der Waals surface area contributed by atoms with Crippen LogP contribution in [0.15, 0.2) is 35.7 Å². The normalized spacial score (nSPS) is 14.0. The highest BCUT2D eigenvalue weighted by molar-refractivity contribution is 7.10. The fraction of sp³-hybridized carbons (Fsp3) is 0.214. The van der Waals surface area contributed by atoms with E-state index in [1.807, 2.05) is 18.4 Å². The molecule has 1 aromatic carbocycles. The molecule has 0 fully saturated rings. The minimum Gasteiger partial charge on any atom is -0.381 e. The van der Waals surface area contributed by atoms with Gasteiger partial charge in [0.1, 0.15) is 5.60 Å². The van der Waals surface area contributed by atoms with Crippen molar-refractivity contribution < 1.29 is 5.11 Å². The third kappa shape index (κ3) is 2.10. The van der Waals surface area contributed by atoms with E-state index in [2.05, 4.69) is 6.07 Å². The number of thiophene rings is 1. The summed E-state index contributed by atoms with van der Waals surface area (Å²) in [6, 6.07) is 11.1. The molecule has 2 nitrogen and oxygen atoms in total. The van der Waals surface area contributed by atoms with Crippen molar-refractivity contribution in [2.45, 2.75) is 19.4 Å². The maximum Gasteiger partial charge on any atom is 0.113 e. The quantitative estimate of drug-likeness (QED) is 0.880. The summed E-state index contributed by atoms with van der Waals surface area (Å²) >= 11 is 1.62. The van der Waals surface area contributed by atoms with Gasteiger partial charge in [0, 0.05) is 10.4 Å². The number of aryl methyl sites for hydroxylation is 1. The topological polar surface area (TPSA) is 44.0 Å². The van der Waals surface area contributed by atoms with Crippen molar-refractivity contribution in [3.63, 3.8) is 0 Å². The van der Waals surface area contributed by atoms with E-state index in [1.54, 1.807) is 42.5 Å². The van der Waals surface area contributed by atoms with Gasteiger partial charge in [0.2, 0.25) is 0 Å². The summed E-state index contributed by atoms with van der Waals surface area (Å²) < 4.78 is 0. The van der Waals surface area contributed by atoms with Crippen molar-refractivity contribution >= 4 is 11.3 Å². The average Bonchev–Trinajstić information content (AvgIpc) is 2.76. The third-order valence-electron chi connectivity index (χ3n) is 2.96. The Morgan fingerprint density at radius 1 is 1.24 bits per heavy atom. The molecule has 1 heterocycles. The molecule has 0 saturated heterocycles. The largest absolute Gasteiger partial charge is 0.381 e. The Morgan fingerprint density at radius 2 is 1.88 bits per heavy atom. The molecule has 1 atom stereocenters. The van der Waals surface area contributed by atoms with Crippen LogP contribution in [0.1, 0.15) is 28.5 Å². The lowest BCUT2D eigenvalue weighted by Gasteiger charge is -2.24. The summed E-state index contributed by atoms with van der Waals surface area (Å²) in [5.74, 6) is 0. The number of hydrogen-bond donors (Lipinski definition) is 1. The van der Waals surface area contributed by atoms with Gasteiger partial charge >= 0.3 is 0 Å². The van der Waals surface area contributed by atoms with Crippen LogP contribution in [0.2, 0.25) is 0 Å². The Bertz CT molecular complexity index is 561. The molecule has 0 radical (unpaired) electrons. The Morgan fingerprint density at radius 3 is 2.35 bits per heavy atom. The first-order valence-corrected chi connectivity index (χ1v) is 6.21. The summed E-state index contributed by atoms with van der Waals surface area (Å²) in [7, 11) is 0. The molecule has 0 aliphatic rings. The molecule has 0 amide bonds. The Kier molecular flexibility index (Phi) is 3.01. The summed E-state index contributed by atoms with van der Waals surface area (Å²) in [4.78, 5) is 1.11. The third-order valence-corrected chi connectivity index (χ3v) is 3.81. The molecule has 0 spiro atoms. The zero-order valence-electron chi connectivity index (χ0n) is 9.77. The van der Waals surface area contributed by atoms with Gasteiger partial charge in [-0.3, -0.25) is 0 Å². The molecule has 1 unspecified atom stereocenters. The van der Waals surface area contributed by atoms with Crippen LogP contribution < -0.4 is 0 Å². The van der Waals surface area contributed by atoms with Crippen molar-refractivity contribution in [3.05, 3.63) is 57.3 Å². The minimum absolute atomic E-state index is 0.603. The first kappa shape index (κ1) is 11.8. The smallest absolute Gasteiger partial charge is 0.113 e. The highest BCUT2D eigenvalue weighted by atomic mass is 32.1. The molecule has 1 aromatic heterocycles. The van der Waals surface area contributed by atoms with E-state index in [4.69, 9.17) is 5.26 Å². The van der Waals surface area contributed by atoms with Crippen LogP contribution in [0.5, 0.6) is 0 Å². The van der Waals surface area contributed by atoms with E-state index < -0.39 is 5.60 Å². The predicted molar refractivity (Wildman–Crippen MR) is 68.9 cm³/mol. The van der Waals surface area contributed by atoms with Crippen LogP contribution in [0.25, 0.3) is 0 Å². The minimum atomic E-state index is -1.00. The standard InChI is InChI=1S/C14H13NOS/c1-10-13(7-8-17-10)14(2,16)12-5-3-11(9-15)4-6-12/h3-8,16H,1-2H3. The molecule has 17 heavy (non-hydrogen) atoms. The lowest BCUT2D eigenvalue weighted by atomic mass is 9.88. The Hall–Kier alpha value is -1.63. The van der Waals surface area contributed by atoms with Crippen molar-refractivity contribution in [1.29, 1.82) is 5.26 Å². The van der Waals surface area contributed by atoms with Crippen molar-refractivity contribution in [2.24, 2.45) is 0 Å². The van der Waals surface area contributed by atoms with Crippen LogP contribution >= 0.6 is 11.3 Å². The first-order chi connectivity index (χ1) is 8.05. The Labute approximate surface area is 105 Å². The zero-order chi connectivity index (χ0) is 12.5. The fourth-order valence-electron chi connectivity index (χ4n) is 1.91. The number of nitriles is 1. The summed E-state index contributed by atoms with van der Waals surface area (Å²) in [6.45, 7) is 3.78. The number of nitrogens with zero attached hydrogens (tertiary/aromatic N) is 1. The summed E-state index contributed by atoms with van der Waals surface area (Å²) in [6.07, 6.45) is 0. The molecule has 0 bridgehead atoms. The van der Waals surface area contributed by atoms with Gasteiger partial charge in [-0.05, 0) is 43.0 Å². The average molecular weight is 243 g/mol. The van der Waals surface area contributed by atoms with Gasteiger partial charge in [-0.1, -0.05) is 12.1 Å². The monoisotopic (exact) mass is 243 g/mol. The van der Waals surface area contributed by atoms with E-state index in [0.29, 0.717) is 5.56 Å². The number of hydrogen-bond acceptors (Lipinski definition) is 3. The lowest BCUT2D eigenvalue weighted by molar-refractivity contribution is 0.102. The summed E-state index contributed by atoms with van der Waals surface area (Å²) in [5.41, 5.74) is 1.33. The van der Waals surface area contributed by atoms with Gasteiger partial charge in [-0.15, -0.1) is 11.3 Å². The van der Waals surface area contributed by atoms with Gasteiger partial charge in [0.25, 0.3) is 0 Å². The van der Waals surface area contributed by atoms with E-state index in [0.717, 1.165) is 16.0 Å². The highest BCUT2D eigenvalue weighted by Gasteiger charge is 2.27. The molecule has 0 saturated carbocycles. The van der Waals surface area contributed by atoms with Gasteiger partial charge in [-0.25, -0.2) is 0 Å². The molecule has 2 aromatic rings. The van der Waals surface area contributed by atoms with Crippen LogP contribution in [-0.2, 0) is 5.60 Å². The number of benzene rings is 1. The fourth-order valence-corrected chi connectivity index (χ4v) is 2.72. The lowest BCUT2D eigenvalue weighted by Crippen LogP contribution is -2.22. The zero-order valence-corrected chi connectivity index (χ0v) is 10.6. The molecule has 1 N–H and O–H groups in total. The van der Waals surface area contributed by atoms with Gasteiger partial charge in [-0.2, -0.15) is 5.26 Å². The van der Waals surface area contributed by atoms with E-state index in [9.17, 15) is 5.11 Å². The Balaban J connectivity index is 2.45. The van der Waals surface area contributed by atoms with Crippen molar-refractivity contribution in [1.82, 2.24) is 0 Å². The van der Waals surface area contributed by atoms with Gasteiger partial charge in [0.15, 0.2) is 0 Å². The number of rotatable bonds is 2. The molecular weight excluding hydrogens is 230 g/mol. The van der Waals surface area contributed by atoms with E-state index in [1.165, 1.54) is 0 Å².